The number of hydrogen-bond donors (Lipinski definition) is 1. The topological polar surface area (TPSA) is 74.2 Å². The molecule has 1 aliphatic rings. The highest BCUT2D eigenvalue weighted by Crippen LogP contribution is 2.27. The molecule has 7 heteroatoms. The Hall–Kier alpha value is -2.28. The van der Waals surface area contributed by atoms with E-state index in [0.29, 0.717) is 5.65 Å². The quantitative estimate of drug-likeness (QED) is 0.814. The molecule has 26 heavy (non-hydrogen) atoms. The van der Waals surface area contributed by atoms with Crippen LogP contribution < -0.4 is 10.2 Å². The van der Waals surface area contributed by atoms with Crippen LogP contribution in [0.4, 0.5) is 5.69 Å². The second kappa shape index (κ2) is 8.89. The molecule has 0 aliphatic carbocycles. The van der Waals surface area contributed by atoms with Gasteiger partial charge in [0.05, 0.1) is 5.69 Å². The Balaban J connectivity index is 1.53. The van der Waals surface area contributed by atoms with E-state index in [4.69, 9.17) is 0 Å². The van der Waals surface area contributed by atoms with Crippen molar-refractivity contribution in [3.05, 3.63) is 24.7 Å². The standard InChI is InChI=1S/C19H28N6O/c1-3-24(4-2)14-11-23-19(26)15-6-12-25(13-7-15)16-5-8-21-18-17(16)20-9-10-22-18/h5,8-10,15H,3-4,6-7,11-14H2,1-2H3,(H,23,26). The summed E-state index contributed by atoms with van der Waals surface area (Å²) in [7, 11) is 0. The first-order valence-electron chi connectivity index (χ1n) is 9.53. The summed E-state index contributed by atoms with van der Waals surface area (Å²) in [5, 5.41) is 3.10. The molecule has 0 saturated carbocycles. The summed E-state index contributed by atoms with van der Waals surface area (Å²) in [6.45, 7) is 9.68. The molecule has 2 aromatic rings. The Bertz CT molecular complexity index is 720. The van der Waals surface area contributed by atoms with Gasteiger partial charge in [0.2, 0.25) is 5.91 Å². The van der Waals surface area contributed by atoms with Crippen LogP contribution in [0.1, 0.15) is 26.7 Å². The van der Waals surface area contributed by atoms with Gasteiger partial charge in [-0.1, -0.05) is 13.8 Å². The minimum Gasteiger partial charge on any atom is -0.370 e. The molecule has 1 fully saturated rings. The van der Waals surface area contributed by atoms with Crippen molar-refractivity contribution in [2.75, 3.05) is 44.2 Å². The number of pyridine rings is 1. The number of likely N-dealkylation sites (N-methyl/N-ethyl adjacent to an activating group) is 1. The smallest absolute Gasteiger partial charge is 0.223 e. The highest BCUT2D eigenvalue weighted by atomic mass is 16.1. The van der Waals surface area contributed by atoms with Crippen LogP contribution >= 0.6 is 0 Å². The first-order chi connectivity index (χ1) is 12.7. The Labute approximate surface area is 154 Å². The molecule has 1 aliphatic heterocycles. The largest absolute Gasteiger partial charge is 0.370 e. The predicted molar refractivity (Wildman–Crippen MR) is 103 cm³/mol. The summed E-state index contributed by atoms with van der Waals surface area (Å²) >= 11 is 0. The van der Waals surface area contributed by atoms with Gasteiger partial charge < -0.3 is 15.1 Å². The minimum atomic E-state index is 0.0992. The van der Waals surface area contributed by atoms with Crippen LogP contribution in [0.5, 0.6) is 0 Å². The average molecular weight is 356 g/mol. The summed E-state index contributed by atoms with van der Waals surface area (Å²) in [5.74, 6) is 0.290. The molecule has 1 amide bonds. The van der Waals surface area contributed by atoms with Gasteiger partial charge in [-0.25, -0.2) is 15.0 Å². The SMILES string of the molecule is CCN(CC)CCNC(=O)C1CCN(c2ccnc3nccnc23)CC1. The fraction of sp³-hybridized carbons (Fsp3) is 0.579. The molecule has 1 saturated heterocycles. The van der Waals surface area contributed by atoms with E-state index in [2.05, 4.69) is 43.9 Å². The van der Waals surface area contributed by atoms with Crippen LogP contribution in [-0.2, 0) is 4.79 Å². The van der Waals surface area contributed by atoms with Gasteiger partial charge >= 0.3 is 0 Å². The van der Waals surface area contributed by atoms with Crippen molar-refractivity contribution in [2.24, 2.45) is 5.92 Å². The second-order valence-corrected chi connectivity index (χ2v) is 6.64. The molecule has 7 nitrogen and oxygen atoms in total. The molecule has 3 heterocycles. The van der Waals surface area contributed by atoms with Crippen LogP contribution in [0.3, 0.4) is 0 Å². The van der Waals surface area contributed by atoms with E-state index < -0.39 is 0 Å². The van der Waals surface area contributed by atoms with Gasteiger partial charge in [-0.2, -0.15) is 0 Å². The molecule has 1 N–H and O–H groups in total. The summed E-state index contributed by atoms with van der Waals surface area (Å²) in [6.07, 6.45) is 6.86. The molecule has 0 radical (unpaired) electrons. The molecule has 0 spiro atoms. The molecule has 0 atom stereocenters. The summed E-state index contributed by atoms with van der Waals surface area (Å²) < 4.78 is 0. The first-order valence-corrected chi connectivity index (χ1v) is 9.53. The fourth-order valence-electron chi connectivity index (χ4n) is 3.52. The highest BCUT2D eigenvalue weighted by Gasteiger charge is 2.26. The first kappa shape index (κ1) is 18.5. The maximum absolute atomic E-state index is 12.4. The number of amides is 1. The Morgan fingerprint density at radius 1 is 1.15 bits per heavy atom. The van der Waals surface area contributed by atoms with Crippen molar-refractivity contribution in [1.82, 2.24) is 25.2 Å². The third-order valence-electron chi connectivity index (χ3n) is 5.18. The van der Waals surface area contributed by atoms with Gasteiger partial charge in [0.1, 0.15) is 5.52 Å². The van der Waals surface area contributed by atoms with Crippen molar-refractivity contribution in [1.29, 1.82) is 0 Å². The fourth-order valence-corrected chi connectivity index (χ4v) is 3.52. The predicted octanol–water partition coefficient (Wildman–Crippen LogP) is 1.70. The molecule has 2 aromatic heterocycles. The lowest BCUT2D eigenvalue weighted by Crippen LogP contribution is -2.42. The van der Waals surface area contributed by atoms with Gasteiger partial charge in [0.25, 0.3) is 0 Å². The number of anilines is 1. The van der Waals surface area contributed by atoms with E-state index in [0.717, 1.165) is 63.3 Å². The number of aromatic nitrogens is 3. The number of nitrogens with zero attached hydrogens (tertiary/aromatic N) is 5. The number of rotatable bonds is 7. The van der Waals surface area contributed by atoms with E-state index in [-0.39, 0.29) is 11.8 Å². The molecule has 0 aromatic carbocycles. The Morgan fingerprint density at radius 2 is 1.85 bits per heavy atom. The van der Waals surface area contributed by atoms with Crippen molar-refractivity contribution in [2.45, 2.75) is 26.7 Å². The van der Waals surface area contributed by atoms with Crippen molar-refractivity contribution in [3.8, 4) is 0 Å². The molecule has 3 rings (SSSR count). The van der Waals surface area contributed by atoms with Gasteiger partial charge in [0.15, 0.2) is 5.65 Å². The van der Waals surface area contributed by atoms with Crippen LogP contribution in [0.15, 0.2) is 24.7 Å². The summed E-state index contributed by atoms with van der Waals surface area (Å²) in [6, 6.07) is 1.99. The monoisotopic (exact) mass is 356 g/mol. The molecule has 140 valence electrons. The van der Waals surface area contributed by atoms with E-state index in [1.165, 1.54) is 0 Å². The lowest BCUT2D eigenvalue weighted by molar-refractivity contribution is -0.125. The van der Waals surface area contributed by atoms with E-state index in [1.807, 2.05) is 6.07 Å². The van der Waals surface area contributed by atoms with Crippen LogP contribution in [0.25, 0.3) is 11.2 Å². The maximum Gasteiger partial charge on any atom is 0.223 e. The minimum absolute atomic E-state index is 0.0992. The number of carbonyl (C=O) groups excluding carboxylic acids is 1. The van der Waals surface area contributed by atoms with Gasteiger partial charge in [-0.05, 0) is 32.0 Å². The second-order valence-electron chi connectivity index (χ2n) is 6.64. The van der Waals surface area contributed by atoms with Crippen LogP contribution in [0, 0.1) is 5.92 Å². The molecule has 0 bridgehead atoms. The zero-order valence-corrected chi connectivity index (χ0v) is 15.7. The van der Waals surface area contributed by atoms with Crippen molar-refractivity contribution >= 4 is 22.8 Å². The summed E-state index contributed by atoms with van der Waals surface area (Å²) in [5.41, 5.74) is 2.56. The Kier molecular flexibility index (Phi) is 6.33. The third kappa shape index (κ3) is 4.27. The highest BCUT2D eigenvalue weighted by molar-refractivity contribution is 5.85. The normalized spacial score (nSPS) is 15.6. The summed E-state index contributed by atoms with van der Waals surface area (Å²) in [4.78, 5) is 30.0. The zero-order chi connectivity index (χ0) is 18.4. The van der Waals surface area contributed by atoms with Gasteiger partial charge in [-0.3, -0.25) is 4.79 Å². The lowest BCUT2D eigenvalue weighted by atomic mass is 9.95. The number of hydrogen-bond acceptors (Lipinski definition) is 6. The maximum atomic E-state index is 12.4. The third-order valence-corrected chi connectivity index (χ3v) is 5.18. The average Bonchev–Trinajstić information content (AvgIpc) is 2.71. The van der Waals surface area contributed by atoms with Gasteiger partial charge in [-0.15, -0.1) is 0 Å². The molecule has 0 unspecified atom stereocenters. The molecular formula is C19H28N6O. The zero-order valence-electron chi connectivity index (χ0n) is 15.7. The van der Waals surface area contributed by atoms with Crippen molar-refractivity contribution in [3.63, 3.8) is 0 Å². The number of fused-ring (bicyclic) bond motifs is 1. The Morgan fingerprint density at radius 3 is 2.58 bits per heavy atom. The van der Waals surface area contributed by atoms with Crippen LogP contribution in [0.2, 0.25) is 0 Å². The van der Waals surface area contributed by atoms with Crippen LogP contribution in [-0.4, -0.2) is 65.0 Å². The van der Waals surface area contributed by atoms with Gasteiger partial charge in [0, 0.05) is 50.7 Å². The van der Waals surface area contributed by atoms with E-state index in [1.54, 1.807) is 18.6 Å². The molecular weight excluding hydrogens is 328 g/mol. The number of carbonyl (C=O) groups is 1. The van der Waals surface area contributed by atoms with E-state index >= 15 is 0 Å². The van der Waals surface area contributed by atoms with E-state index in [9.17, 15) is 4.79 Å². The van der Waals surface area contributed by atoms with Crippen molar-refractivity contribution < 1.29 is 4.79 Å². The number of piperidine rings is 1. The lowest BCUT2D eigenvalue weighted by Gasteiger charge is -2.33. The number of nitrogens with one attached hydrogen (secondary N) is 1.